The molecular formula is C16H15ClN2O4. The first-order valence-corrected chi connectivity index (χ1v) is 7.19. The van der Waals surface area contributed by atoms with Gasteiger partial charge in [0, 0.05) is 30.7 Å². The fourth-order valence-electron chi connectivity index (χ4n) is 1.92. The zero-order valence-corrected chi connectivity index (χ0v) is 13.2. The zero-order chi connectivity index (χ0) is 16.8. The van der Waals surface area contributed by atoms with Crippen LogP contribution in [0.4, 0.5) is 5.69 Å². The second kappa shape index (κ2) is 7.60. The van der Waals surface area contributed by atoms with E-state index in [0.717, 1.165) is 5.56 Å². The van der Waals surface area contributed by atoms with Crippen molar-refractivity contribution in [3.63, 3.8) is 0 Å². The lowest BCUT2D eigenvalue weighted by atomic mass is 10.2. The molecule has 7 heteroatoms. The Bertz CT molecular complexity index is 703. The molecule has 1 amide bonds. The summed E-state index contributed by atoms with van der Waals surface area (Å²) in [5.74, 6) is 0.198. The Morgan fingerprint density at radius 3 is 2.57 bits per heavy atom. The highest BCUT2D eigenvalue weighted by molar-refractivity contribution is 6.30. The van der Waals surface area contributed by atoms with E-state index in [-0.39, 0.29) is 18.2 Å². The minimum Gasteiger partial charge on any atom is -0.484 e. The van der Waals surface area contributed by atoms with Gasteiger partial charge in [0.1, 0.15) is 5.75 Å². The highest BCUT2D eigenvalue weighted by Crippen LogP contribution is 2.17. The molecule has 0 aliphatic heterocycles. The van der Waals surface area contributed by atoms with Gasteiger partial charge in [0.2, 0.25) is 0 Å². The number of halogens is 1. The van der Waals surface area contributed by atoms with Crippen molar-refractivity contribution in [2.75, 3.05) is 13.7 Å². The summed E-state index contributed by atoms with van der Waals surface area (Å²) in [5, 5.41) is 11.2. The smallest absolute Gasteiger partial charge is 0.269 e. The SMILES string of the molecule is CN(Cc1cccc(Cl)c1)C(=O)COc1ccc([N+](=O)[O-])cc1. The third kappa shape index (κ3) is 4.96. The van der Waals surface area contributed by atoms with Crippen molar-refractivity contribution >= 4 is 23.2 Å². The van der Waals surface area contributed by atoms with Gasteiger partial charge in [-0.3, -0.25) is 14.9 Å². The fourth-order valence-corrected chi connectivity index (χ4v) is 2.13. The standard InChI is InChI=1S/C16H15ClN2O4/c1-18(10-12-3-2-4-13(17)9-12)16(20)11-23-15-7-5-14(6-8-15)19(21)22/h2-9H,10-11H2,1H3. The van der Waals surface area contributed by atoms with Gasteiger partial charge in [0.15, 0.2) is 6.61 Å². The fraction of sp³-hybridized carbons (Fsp3) is 0.188. The zero-order valence-electron chi connectivity index (χ0n) is 12.4. The van der Waals surface area contributed by atoms with Gasteiger partial charge in [0.25, 0.3) is 11.6 Å². The van der Waals surface area contributed by atoms with Crippen molar-refractivity contribution in [2.24, 2.45) is 0 Å². The van der Waals surface area contributed by atoms with Crippen LogP contribution in [0.15, 0.2) is 48.5 Å². The molecule has 6 nitrogen and oxygen atoms in total. The molecule has 0 aliphatic rings. The Hall–Kier alpha value is -2.60. The number of amides is 1. The molecule has 0 bridgehead atoms. The second-order valence-electron chi connectivity index (χ2n) is 4.92. The molecule has 0 saturated carbocycles. The monoisotopic (exact) mass is 334 g/mol. The molecule has 120 valence electrons. The van der Waals surface area contributed by atoms with Crippen LogP contribution in [-0.2, 0) is 11.3 Å². The molecule has 23 heavy (non-hydrogen) atoms. The van der Waals surface area contributed by atoms with E-state index in [0.29, 0.717) is 17.3 Å². The van der Waals surface area contributed by atoms with Gasteiger partial charge in [-0.15, -0.1) is 0 Å². The van der Waals surface area contributed by atoms with E-state index >= 15 is 0 Å². The molecule has 0 aliphatic carbocycles. The molecule has 2 aromatic carbocycles. The van der Waals surface area contributed by atoms with Gasteiger partial charge in [-0.2, -0.15) is 0 Å². The predicted octanol–water partition coefficient (Wildman–Crippen LogP) is 3.29. The lowest BCUT2D eigenvalue weighted by molar-refractivity contribution is -0.384. The molecule has 0 N–H and O–H groups in total. The number of likely N-dealkylation sites (N-methyl/N-ethyl adjacent to an activating group) is 1. The molecule has 0 spiro atoms. The highest BCUT2D eigenvalue weighted by Gasteiger charge is 2.11. The first-order chi connectivity index (χ1) is 11.0. The maximum Gasteiger partial charge on any atom is 0.269 e. The van der Waals surface area contributed by atoms with Gasteiger partial charge < -0.3 is 9.64 Å². The van der Waals surface area contributed by atoms with Crippen LogP contribution in [0.1, 0.15) is 5.56 Å². The lowest BCUT2D eigenvalue weighted by Gasteiger charge is -2.17. The van der Waals surface area contributed by atoms with Crippen LogP contribution in [0, 0.1) is 10.1 Å². The number of nitrogens with zero attached hydrogens (tertiary/aromatic N) is 2. The van der Waals surface area contributed by atoms with Crippen LogP contribution >= 0.6 is 11.6 Å². The third-order valence-electron chi connectivity index (χ3n) is 3.14. The van der Waals surface area contributed by atoms with E-state index < -0.39 is 4.92 Å². The maximum absolute atomic E-state index is 12.0. The average Bonchev–Trinajstić information content (AvgIpc) is 2.53. The van der Waals surface area contributed by atoms with Crippen LogP contribution in [0.3, 0.4) is 0 Å². The Labute approximate surface area is 138 Å². The van der Waals surface area contributed by atoms with E-state index in [2.05, 4.69) is 0 Å². The number of rotatable bonds is 6. The van der Waals surface area contributed by atoms with E-state index in [1.165, 1.54) is 29.2 Å². The summed E-state index contributed by atoms with van der Waals surface area (Å²) >= 11 is 5.91. The number of non-ortho nitro benzene ring substituents is 1. The first-order valence-electron chi connectivity index (χ1n) is 6.81. The summed E-state index contributed by atoms with van der Waals surface area (Å²) in [4.78, 5) is 23.6. The molecule has 2 rings (SSSR count). The van der Waals surface area contributed by atoms with Gasteiger partial charge >= 0.3 is 0 Å². The minimum atomic E-state index is -0.492. The summed E-state index contributed by atoms with van der Waals surface area (Å²) < 4.78 is 5.35. The molecule has 0 heterocycles. The topological polar surface area (TPSA) is 72.7 Å². The third-order valence-corrected chi connectivity index (χ3v) is 3.38. The number of ether oxygens (including phenoxy) is 1. The largest absolute Gasteiger partial charge is 0.484 e. The highest BCUT2D eigenvalue weighted by atomic mass is 35.5. The molecule has 2 aromatic rings. The molecule has 0 radical (unpaired) electrons. The predicted molar refractivity (Wildman–Crippen MR) is 86.5 cm³/mol. The van der Waals surface area contributed by atoms with E-state index in [1.54, 1.807) is 19.2 Å². The molecule has 0 unspecified atom stereocenters. The Kier molecular flexibility index (Phi) is 5.54. The molecule has 0 fully saturated rings. The van der Waals surface area contributed by atoms with Gasteiger partial charge in [0.05, 0.1) is 4.92 Å². The van der Waals surface area contributed by atoms with E-state index in [9.17, 15) is 14.9 Å². The van der Waals surface area contributed by atoms with Crippen molar-refractivity contribution in [2.45, 2.75) is 6.54 Å². The number of nitro benzene ring substituents is 1. The van der Waals surface area contributed by atoms with Crippen molar-refractivity contribution < 1.29 is 14.5 Å². The quantitative estimate of drug-likeness (QED) is 0.600. The van der Waals surface area contributed by atoms with Gasteiger partial charge in [-0.05, 0) is 29.8 Å². The molecule has 0 atom stereocenters. The number of benzene rings is 2. The summed E-state index contributed by atoms with van der Waals surface area (Å²) in [5.41, 5.74) is 0.894. The van der Waals surface area contributed by atoms with E-state index in [4.69, 9.17) is 16.3 Å². The van der Waals surface area contributed by atoms with Crippen LogP contribution in [-0.4, -0.2) is 29.4 Å². The first kappa shape index (κ1) is 16.8. The van der Waals surface area contributed by atoms with Gasteiger partial charge in [-0.1, -0.05) is 23.7 Å². The summed E-state index contributed by atoms with van der Waals surface area (Å²) in [6, 6.07) is 12.8. The van der Waals surface area contributed by atoms with E-state index in [1.807, 2.05) is 12.1 Å². The normalized spacial score (nSPS) is 10.2. The number of hydrogen-bond acceptors (Lipinski definition) is 4. The van der Waals surface area contributed by atoms with Crippen LogP contribution < -0.4 is 4.74 Å². The lowest BCUT2D eigenvalue weighted by Crippen LogP contribution is -2.30. The summed E-state index contributed by atoms with van der Waals surface area (Å²) in [7, 11) is 1.67. The number of hydrogen-bond donors (Lipinski definition) is 0. The Morgan fingerprint density at radius 1 is 1.26 bits per heavy atom. The second-order valence-corrected chi connectivity index (χ2v) is 5.36. The Morgan fingerprint density at radius 2 is 1.96 bits per heavy atom. The van der Waals surface area contributed by atoms with Crippen LogP contribution in [0.5, 0.6) is 5.75 Å². The summed E-state index contributed by atoms with van der Waals surface area (Å²) in [6.45, 7) is 0.276. The number of nitro groups is 1. The number of carbonyl (C=O) groups excluding carboxylic acids is 1. The van der Waals surface area contributed by atoms with Crippen molar-refractivity contribution in [3.8, 4) is 5.75 Å². The minimum absolute atomic E-state index is 0.0262. The van der Waals surface area contributed by atoms with Crippen molar-refractivity contribution in [1.29, 1.82) is 0 Å². The van der Waals surface area contributed by atoms with Gasteiger partial charge in [-0.25, -0.2) is 0 Å². The number of carbonyl (C=O) groups is 1. The molecule has 0 saturated heterocycles. The molecular weight excluding hydrogens is 320 g/mol. The Balaban J connectivity index is 1.87. The molecule has 0 aromatic heterocycles. The van der Waals surface area contributed by atoms with Crippen LogP contribution in [0.25, 0.3) is 0 Å². The van der Waals surface area contributed by atoms with Crippen molar-refractivity contribution in [3.05, 3.63) is 69.2 Å². The average molecular weight is 335 g/mol. The summed E-state index contributed by atoms with van der Waals surface area (Å²) in [6.07, 6.45) is 0. The maximum atomic E-state index is 12.0. The van der Waals surface area contributed by atoms with Crippen molar-refractivity contribution in [1.82, 2.24) is 4.90 Å². The van der Waals surface area contributed by atoms with Crippen LogP contribution in [0.2, 0.25) is 5.02 Å².